The fourth-order valence-electron chi connectivity index (χ4n) is 3.70. The van der Waals surface area contributed by atoms with E-state index < -0.39 is 0 Å². The average molecular weight is 435 g/mol. The third kappa shape index (κ3) is 5.02. The Kier molecular flexibility index (Phi) is 6.47. The highest BCUT2D eigenvalue weighted by molar-refractivity contribution is 6.31. The zero-order chi connectivity index (χ0) is 21.8. The highest BCUT2D eigenvalue weighted by Gasteiger charge is 2.18. The molecule has 3 aromatic carbocycles. The van der Waals surface area contributed by atoms with Crippen molar-refractivity contribution in [3.63, 3.8) is 0 Å². The first-order valence-corrected chi connectivity index (χ1v) is 11.0. The molecule has 0 bridgehead atoms. The van der Waals surface area contributed by atoms with E-state index in [0.29, 0.717) is 6.61 Å². The number of aromatic nitrogens is 2. The molecule has 31 heavy (non-hydrogen) atoms. The second kappa shape index (κ2) is 9.44. The van der Waals surface area contributed by atoms with Crippen LogP contribution in [0.5, 0.6) is 11.5 Å². The number of benzene rings is 3. The zero-order valence-corrected chi connectivity index (χ0v) is 18.9. The first-order valence-electron chi connectivity index (χ1n) is 10.6. The maximum Gasteiger partial charge on any atom is 0.153 e. The van der Waals surface area contributed by atoms with Gasteiger partial charge in [0.25, 0.3) is 0 Å². The van der Waals surface area contributed by atoms with Crippen LogP contribution in [0.2, 0.25) is 5.02 Å². The van der Waals surface area contributed by atoms with Crippen LogP contribution in [0, 0.1) is 13.8 Å². The van der Waals surface area contributed by atoms with Gasteiger partial charge >= 0.3 is 0 Å². The Morgan fingerprint density at radius 1 is 0.968 bits per heavy atom. The van der Waals surface area contributed by atoms with E-state index in [0.717, 1.165) is 51.9 Å². The molecule has 0 spiro atoms. The Morgan fingerprint density at radius 2 is 1.81 bits per heavy atom. The molecule has 1 heterocycles. The molecule has 4 aromatic rings. The highest BCUT2D eigenvalue weighted by Crippen LogP contribution is 2.26. The molecule has 1 aromatic heterocycles. The van der Waals surface area contributed by atoms with Gasteiger partial charge in [-0.1, -0.05) is 35.9 Å². The van der Waals surface area contributed by atoms with Gasteiger partial charge in [-0.25, -0.2) is 4.98 Å². The van der Waals surface area contributed by atoms with Gasteiger partial charge in [-0.3, -0.25) is 0 Å². The lowest BCUT2D eigenvalue weighted by atomic mass is 10.2. The molecule has 0 fully saturated rings. The third-order valence-corrected chi connectivity index (χ3v) is 5.70. The van der Waals surface area contributed by atoms with Gasteiger partial charge in [0.1, 0.15) is 11.5 Å². The average Bonchev–Trinajstić information content (AvgIpc) is 3.12. The number of fused-ring (bicyclic) bond motifs is 1. The predicted octanol–water partition coefficient (Wildman–Crippen LogP) is 6.92. The minimum absolute atomic E-state index is 0.172. The summed E-state index contributed by atoms with van der Waals surface area (Å²) in [7, 11) is 0. The van der Waals surface area contributed by atoms with Crippen LogP contribution in [0.25, 0.3) is 11.0 Å². The van der Waals surface area contributed by atoms with Crippen LogP contribution in [-0.4, -0.2) is 16.2 Å². The van der Waals surface area contributed by atoms with Gasteiger partial charge in [-0.15, -0.1) is 0 Å². The summed E-state index contributed by atoms with van der Waals surface area (Å²) < 4.78 is 14.4. The van der Waals surface area contributed by atoms with Gasteiger partial charge in [-0.2, -0.15) is 0 Å². The Hall–Kier alpha value is -2.98. The third-order valence-electron chi connectivity index (χ3n) is 5.27. The molecule has 0 N–H and O–H groups in total. The summed E-state index contributed by atoms with van der Waals surface area (Å²) in [6, 6.07) is 22.1. The fraction of sp³-hybridized carbons (Fsp3) is 0.269. The normalized spacial score (nSPS) is 12.1. The van der Waals surface area contributed by atoms with E-state index in [-0.39, 0.29) is 6.10 Å². The smallest absolute Gasteiger partial charge is 0.153 e. The molecule has 0 aliphatic carbocycles. The van der Waals surface area contributed by atoms with Crippen molar-refractivity contribution in [3.8, 4) is 11.5 Å². The standard InChI is InChI=1S/C26H27ClN2O2/c1-18-8-6-9-22(16-18)31-20(3)26-28-24-10-4-5-11-25(24)29(26)14-7-15-30-21-12-13-23(27)19(2)17-21/h4-6,8-13,16-17,20H,7,14-15H2,1-3H3. The van der Waals surface area contributed by atoms with Crippen molar-refractivity contribution in [2.75, 3.05) is 6.61 Å². The van der Waals surface area contributed by atoms with Gasteiger partial charge in [-0.05, 0) is 80.8 Å². The van der Waals surface area contributed by atoms with Crippen LogP contribution in [0.15, 0.2) is 66.7 Å². The molecule has 1 atom stereocenters. The summed E-state index contributed by atoms with van der Waals surface area (Å²) in [5, 5.41) is 0.754. The van der Waals surface area contributed by atoms with E-state index in [9.17, 15) is 0 Å². The minimum Gasteiger partial charge on any atom is -0.494 e. The van der Waals surface area contributed by atoms with E-state index >= 15 is 0 Å². The second-order valence-electron chi connectivity index (χ2n) is 7.80. The summed E-state index contributed by atoms with van der Waals surface area (Å²) >= 11 is 6.10. The summed E-state index contributed by atoms with van der Waals surface area (Å²) in [5.41, 5.74) is 4.28. The van der Waals surface area contributed by atoms with Gasteiger partial charge in [0.2, 0.25) is 0 Å². The van der Waals surface area contributed by atoms with Crippen molar-refractivity contribution < 1.29 is 9.47 Å². The Bertz CT molecular complexity index is 1190. The summed E-state index contributed by atoms with van der Waals surface area (Å²) in [4.78, 5) is 4.87. The molecular formula is C26H27ClN2O2. The molecule has 0 radical (unpaired) electrons. The van der Waals surface area contributed by atoms with Crippen LogP contribution in [-0.2, 0) is 6.54 Å². The highest BCUT2D eigenvalue weighted by atomic mass is 35.5. The molecule has 0 aliphatic rings. The van der Waals surface area contributed by atoms with Crippen LogP contribution >= 0.6 is 11.6 Å². The first-order chi connectivity index (χ1) is 15.0. The number of nitrogens with zero attached hydrogens (tertiary/aromatic N) is 2. The van der Waals surface area contributed by atoms with Crippen molar-refractivity contribution in [3.05, 3.63) is 88.7 Å². The Balaban J connectivity index is 1.48. The molecular weight excluding hydrogens is 408 g/mol. The van der Waals surface area contributed by atoms with Crippen molar-refractivity contribution in [1.29, 1.82) is 0 Å². The molecule has 0 aliphatic heterocycles. The number of ether oxygens (including phenoxy) is 2. The van der Waals surface area contributed by atoms with Crippen molar-refractivity contribution in [2.45, 2.75) is 39.8 Å². The molecule has 1 unspecified atom stereocenters. The molecule has 0 saturated carbocycles. The zero-order valence-electron chi connectivity index (χ0n) is 18.1. The van der Waals surface area contributed by atoms with Crippen LogP contribution in [0.4, 0.5) is 0 Å². The SMILES string of the molecule is Cc1cccc(OC(C)c2nc3ccccc3n2CCCOc2ccc(Cl)c(C)c2)c1. The molecule has 0 amide bonds. The number of imidazole rings is 1. The van der Waals surface area contributed by atoms with Crippen molar-refractivity contribution >= 4 is 22.6 Å². The largest absolute Gasteiger partial charge is 0.494 e. The van der Waals surface area contributed by atoms with E-state index in [4.69, 9.17) is 26.1 Å². The number of aryl methyl sites for hydroxylation is 3. The molecule has 5 heteroatoms. The first kappa shape index (κ1) is 21.3. The Morgan fingerprint density at radius 3 is 2.61 bits per heavy atom. The van der Waals surface area contributed by atoms with E-state index in [1.54, 1.807) is 0 Å². The quantitative estimate of drug-likeness (QED) is 0.282. The maximum atomic E-state index is 6.22. The number of hydrogen-bond acceptors (Lipinski definition) is 3. The Labute approximate surface area is 188 Å². The minimum atomic E-state index is -0.172. The number of rotatable bonds is 8. The monoisotopic (exact) mass is 434 g/mol. The topological polar surface area (TPSA) is 36.3 Å². The van der Waals surface area contributed by atoms with E-state index in [2.05, 4.69) is 23.6 Å². The molecule has 4 nitrogen and oxygen atoms in total. The van der Waals surface area contributed by atoms with E-state index in [1.165, 1.54) is 5.56 Å². The second-order valence-corrected chi connectivity index (χ2v) is 8.21. The van der Waals surface area contributed by atoms with Crippen molar-refractivity contribution in [1.82, 2.24) is 9.55 Å². The summed E-state index contributed by atoms with van der Waals surface area (Å²) in [6.45, 7) is 7.50. The lowest BCUT2D eigenvalue weighted by Crippen LogP contribution is -2.13. The summed E-state index contributed by atoms with van der Waals surface area (Å²) in [5.74, 6) is 2.62. The van der Waals surface area contributed by atoms with Crippen LogP contribution < -0.4 is 9.47 Å². The van der Waals surface area contributed by atoms with Gasteiger partial charge < -0.3 is 14.0 Å². The van der Waals surface area contributed by atoms with Gasteiger partial charge in [0, 0.05) is 11.6 Å². The number of hydrogen-bond donors (Lipinski definition) is 0. The lowest BCUT2D eigenvalue weighted by molar-refractivity contribution is 0.210. The maximum absolute atomic E-state index is 6.22. The van der Waals surface area contributed by atoms with Crippen LogP contribution in [0.3, 0.4) is 0 Å². The number of para-hydroxylation sites is 2. The van der Waals surface area contributed by atoms with Crippen molar-refractivity contribution in [2.24, 2.45) is 0 Å². The van der Waals surface area contributed by atoms with Gasteiger partial charge in [0.05, 0.1) is 17.6 Å². The van der Waals surface area contributed by atoms with E-state index in [1.807, 2.05) is 68.4 Å². The molecule has 160 valence electrons. The molecule has 4 rings (SSSR count). The summed E-state index contributed by atoms with van der Waals surface area (Å²) in [6.07, 6.45) is 0.681. The van der Waals surface area contributed by atoms with Crippen LogP contribution in [0.1, 0.15) is 36.4 Å². The van der Waals surface area contributed by atoms with Gasteiger partial charge in [0.15, 0.2) is 11.9 Å². The number of halogens is 1. The molecule has 0 saturated heterocycles. The lowest BCUT2D eigenvalue weighted by Gasteiger charge is -2.17. The fourth-order valence-corrected chi connectivity index (χ4v) is 3.82. The predicted molar refractivity (Wildman–Crippen MR) is 126 cm³/mol.